The van der Waals surface area contributed by atoms with Crippen molar-refractivity contribution in [3.05, 3.63) is 23.9 Å². The second-order valence-corrected chi connectivity index (χ2v) is 3.10. The highest BCUT2D eigenvalue weighted by Crippen LogP contribution is 2.36. The monoisotopic (exact) mass is 273 g/mol. The van der Waals surface area contributed by atoms with Crippen molar-refractivity contribution in [3.63, 3.8) is 0 Å². The van der Waals surface area contributed by atoms with Gasteiger partial charge in [0.1, 0.15) is 0 Å². The summed E-state index contributed by atoms with van der Waals surface area (Å²) < 4.78 is 76.8. The maximum atomic E-state index is 12.2. The zero-order valence-corrected chi connectivity index (χ0v) is 8.42. The van der Waals surface area contributed by atoms with Gasteiger partial charge in [0.05, 0.1) is 5.56 Å². The molecule has 0 fully saturated rings. The number of carbonyl (C=O) groups excluding carboxylic acids is 1. The van der Waals surface area contributed by atoms with Crippen molar-refractivity contribution in [2.45, 2.75) is 18.5 Å². The van der Waals surface area contributed by atoms with Crippen molar-refractivity contribution in [2.24, 2.45) is 0 Å². The summed E-state index contributed by atoms with van der Waals surface area (Å²) in [6.45, 7) is 0. The lowest BCUT2D eigenvalue weighted by Crippen LogP contribution is -2.46. The van der Waals surface area contributed by atoms with Gasteiger partial charge in [0.2, 0.25) is 5.88 Å². The highest BCUT2D eigenvalue weighted by atomic mass is 19.4. The summed E-state index contributed by atoms with van der Waals surface area (Å²) in [4.78, 5) is 13.6. The van der Waals surface area contributed by atoms with Gasteiger partial charge in [-0.2, -0.15) is 26.3 Å². The van der Waals surface area contributed by atoms with Crippen LogP contribution in [0.3, 0.4) is 0 Å². The van der Waals surface area contributed by atoms with E-state index >= 15 is 0 Å². The molecule has 1 aromatic rings. The predicted octanol–water partition coefficient (Wildman–Crippen LogP) is 2.77. The molecule has 100 valence electrons. The summed E-state index contributed by atoms with van der Waals surface area (Å²) in [6, 6.07) is 2.16. The molecule has 0 aliphatic heterocycles. The fourth-order valence-corrected chi connectivity index (χ4v) is 1.02. The Morgan fingerprint density at radius 1 is 1.17 bits per heavy atom. The van der Waals surface area contributed by atoms with Gasteiger partial charge in [-0.15, -0.1) is 0 Å². The molecule has 0 spiro atoms. The van der Waals surface area contributed by atoms with Gasteiger partial charge < -0.3 is 4.74 Å². The number of nitrogens with zero attached hydrogens (tertiary/aromatic N) is 1. The Labute approximate surface area is 96.4 Å². The Hall–Kier alpha value is -1.80. The van der Waals surface area contributed by atoms with Crippen molar-refractivity contribution in [1.29, 1.82) is 0 Å². The molecule has 0 amide bonds. The Morgan fingerprint density at radius 3 is 2.17 bits per heavy atom. The molecule has 1 aromatic heterocycles. The zero-order valence-electron chi connectivity index (χ0n) is 8.42. The molecular weight excluding hydrogens is 268 g/mol. The molecule has 0 saturated carbocycles. The summed E-state index contributed by atoms with van der Waals surface area (Å²) in [5.74, 6) is -1.02. The number of alkyl halides is 6. The van der Waals surface area contributed by atoms with E-state index in [0.717, 1.165) is 12.3 Å². The fraction of sp³-hybridized carbons (Fsp3) is 0.333. The van der Waals surface area contributed by atoms with E-state index in [-0.39, 0.29) is 6.29 Å². The number of hydrogen-bond acceptors (Lipinski definition) is 3. The van der Waals surface area contributed by atoms with Crippen LogP contribution in [0.15, 0.2) is 18.3 Å². The number of ether oxygens (including phenoxy) is 1. The van der Waals surface area contributed by atoms with E-state index < -0.39 is 29.9 Å². The van der Waals surface area contributed by atoms with Gasteiger partial charge in [0.15, 0.2) is 6.29 Å². The molecule has 0 saturated heterocycles. The average Bonchev–Trinajstić information content (AvgIpc) is 2.23. The van der Waals surface area contributed by atoms with Crippen molar-refractivity contribution >= 4 is 6.29 Å². The highest BCUT2D eigenvalue weighted by molar-refractivity contribution is 5.77. The van der Waals surface area contributed by atoms with Crippen LogP contribution >= 0.6 is 0 Å². The molecule has 0 unspecified atom stereocenters. The van der Waals surface area contributed by atoms with Gasteiger partial charge >= 0.3 is 12.4 Å². The standard InChI is InChI=1S/C9H5F6NO2/c10-8(11,12)7(9(13,14)15)18-6-5(4-17)2-1-3-16-6/h1-4,7H. The summed E-state index contributed by atoms with van der Waals surface area (Å²) in [5.41, 5.74) is -0.504. The van der Waals surface area contributed by atoms with Gasteiger partial charge in [0, 0.05) is 6.20 Å². The van der Waals surface area contributed by atoms with Gasteiger partial charge in [0.25, 0.3) is 6.10 Å². The van der Waals surface area contributed by atoms with E-state index in [9.17, 15) is 31.1 Å². The number of aromatic nitrogens is 1. The molecular formula is C9H5F6NO2. The van der Waals surface area contributed by atoms with Crippen LogP contribution < -0.4 is 4.74 Å². The third-order valence-corrected chi connectivity index (χ3v) is 1.75. The summed E-state index contributed by atoms with van der Waals surface area (Å²) in [6.07, 6.45) is -14.4. The van der Waals surface area contributed by atoms with Crippen molar-refractivity contribution in [3.8, 4) is 5.88 Å². The molecule has 0 radical (unpaired) electrons. The number of pyridine rings is 1. The lowest BCUT2D eigenvalue weighted by atomic mass is 10.3. The Bertz CT molecular complexity index is 414. The molecule has 18 heavy (non-hydrogen) atoms. The topological polar surface area (TPSA) is 39.2 Å². The molecule has 0 aromatic carbocycles. The quantitative estimate of drug-likeness (QED) is 0.628. The molecule has 1 heterocycles. The van der Waals surface area contributed by atoms with Crippen molar-refractivity contribution in [2.75, 3.05) is 0 Å². The number of hydrogen-bond donors (Lipinski definition) is 0. The first-order valence-electron chi connectivity index (χ1n) is 4.36. The van der Waals surface area contributed by atoms with Crippen LogP contribution in [0.5, 0.6) is 5.88 Å². The Kier molecular flexibility index (Phi) is 3.82. The number of aldehydes is 1. The minimum absolute atomic E-state index is 0.0478. The van der Waals surface area contributed by atoms with Gasteiger partial charge in [-0.25, -0.2) is 4.98 Å². The van der Waals surface area contributed by atoms with Crippen molar-refractivity contribution < 1.29 is 35.9 Å². The zero-order chi connectivity index (χ0) is 14.0. The molecule has 3 nitrogen and oxygen atoms in total. The second-order valence-electron chi connectivity index (χ2n) is 3.10. The Balaban J connectivity index is 3.08. The van der Waals surface area contributed by atoms with E-state index in [1.54, 1.807) is 0 Å². The SMILES string of the molecule is O=Cc1cccnc1OC(C(F)(F)F)C(F)(F)F. The van der Waals surface area contributed by atoms with E-state index in [0.29, 0.717) is 0 Å². The molecule has 0 aliphatic carbocycles. The predicted molar refractivity (Wildman–Crippen MR) is 46.2 cm³/mol. The van der Waals surface area contributed by atoms with Crippen LogP contribution in [0.2, 0.25) is 0 Å². The van der Waals surface area contributed by atoms with Crippen LogP contribution in [-0.4, -0.2) is 29.7 Å². The van der Waals surface area contributed by atoms with Crippen LogP contribution in [-0.2, 0) is 0 Å². The lowest BCUT2D eigenvalue weighted by Gasteiger charge is -2.23. The lowest BCUT2D eigenvalue weighted by molar-refractivity contribution is -0.300. The van der Waals surface area contributed by atoms with Gasteiger partial charge in [-0.05, 0) is 12.1 Å². The molecule has 0 aliphatic rings. The number of halogens is 6. The minimum Gasteiger partial charge on any atom is -0.454 e. The van der Waals surface area contributed by atoms with Crippen LogP contribution in [0.1, 0.15) is 10.4 Å². The third kappa shape index (κ3) is 3.34. The molecule has 1 rings (SSSR count). The average molecular weight is 273 g/mol. The first-order chi connectivity index (χ1) is 8.16. The maximum Gasteiger partial charge on any atom is 0.434 e. The molecule has 0 atom stereocenters. The molecule has 0 N–H and O–H groups in total. The normalized spacial score (nSPS) is 12.6. The van der Waals surface area contributed by atoms with Crippen LogP contribution in [0, 0.1) is 0 Å². The highest BCUT2D eigenvalue weighted by Gasteiger charge is 2.59. The fourth-order valence-electron chi connectivity index (χ4n) is 1.02. The van der Waals surface area contributed by atoms with E-state index in [1.165, 1.54) is 6.07 Å². The third-order valence-electron chi connectivity index (χ3n) is 1.75. The minimum atomic E-state index is -5.66. The van der Waals surface area contributed by atoms with E-state index in [2.05, 4.69) is 9.72 Å². The first-order valence-corrected chi connectivity index (χ1v) is 4.36. The van der Waals surface area contributed by atoms with Crippen molar-refractivity contribution in [1.82, 2.24) is 4.98 Å². The van der Waals surface area contributed by atoms with E-state index in [1.807, 2.05) is 0 Å². The summed E-state index contributed by atoms with van der Waals surface area (Å²) >= 11 is 0. The molecule has 0 bridgehead atoms. The smallest absolute Gasteiger partial charge is 0.434 e. The van der Waals surface area contributed by atoms with E-state index in [4.69, 9.17) is 0 Å². The molecule has 9 heteroatoms. The van der Waals surface area contributed by atoms with Crippen LogP contribution in [0.25, 0.3) is 0 Å². The second kappa shape index (κ2) is 4.83. The first kappa shape index (κ1) is 14.3. The Morgan fingerprint density at radius 2 is 1.72 bits per heavy atom. The summed E-state index contributed by atoms with van der Waals surface area (Å²) in [5, 5.41) is 0. The largest absolute Gasteiger partial charge is 0.454 e. The van der Waals surface area contributed by atoms with Gasteiger partial charge in [-0.3, -0.25) is 4.79 Å². The maximum absolute atomic E-state index is 12.2. The van der Waals surface area contributed by atoms with Crippen LogP contribution in [0.4, 0.5) is 26.3 Å². The number of carbonyl (C=O) groups is 1. The van der Waals surface area contributed by atoms with Gasteiger partial charge in [-0.1, -0.05) is 0 Å². The summed E-state index contributed by atoms with van der Waals surface area (Å²) in [7, 11) is 0. The number of rotatable bonds is 3.